The largest absolute Gasteiger partial charge is 0.413 e. The Kier molecular flexibility index (Phi) is 7.69. The summed E-state index contributed by atoms with van der Waals surface area (Å²) in [5.41, 5.74) is 0. The Bertz CT molecular complexity index is 528. The number of nitrogens with zero attached hydrogens (tertiary/aromatic N) is 1. The lowest BCUT2D eigenvalue weighted by Crippen LogP contribution is -2.47. The Labute approximate surface area is 162 Å². The summed E-state index contributed by atoms with van der Waals surface area (Å²) in [6, 6.07) is 2.21. The molecule has 150 valence electrons. The van der Waals surface area contributed by atoms with Gasteiger partial charge in [-0.2, -0.15) is 5.26 Å². The van der Waals surface area contributed by atoms with Crippen LogP contribution in [0.15, 0.2) is 12.2 Å². The second-order valence-electron chi connectivity index (χ2n) is 9.86. The molecular formula is C21H39NO3Si. The van der Waals surface area contributed by atoms with E-state index < -0.39 is 20.2 Å². The Morgan fingerprint density at radius 2 is 1.77 bits per heavy atom. The van der Waals surface area contributed by atoms with Crippen LogP contribution >= 0.6 is 0 Å². The first-order valence-corrected chi connectivity index (χ1v) is 12.7. The van der Waals surface area contributed by atoms with Gasteiger partial charge in [-0.05, 0) is 43.8 Å². The first-order chi connectivity index (χ1) is 11.7. The molecule has 0 spiro atoms. The molecule has 0 saturated carbocycles. The van der Waals surface area contributed by atoms with Crippen molar-refractivity contribution < 1.29 is 13.9 Å². The molecule has 4 atom stereocenters. The van der Waals surface area contributed by atoms with Crippen LogP contribution in [0.2, 0.25) is 18.1 Å². The van der Waals surface area contributed by atoms with Crippen LogP contribution in [-0.2, 0) is 13.9 Å². The highest BCUT2D eigenvalue weighted by atomic mass is 28.4. The molecule has 1 aliphatic heterocycles. The molecule has 0 aromatic heterocycles. The number of hydrogen-bond acceptors (Lipinski definition) is 4. The van der Waals surface area contributed by atoms with Crippen LogP contribution in [-0.4, -0.2) is 32.4 Å². The average molecular weight is 382 g/mol. The standard InChI is InChI=1S/C21H39NO3Si/c1-15(2)19(25-26(9,10)20(4,5)6)16(3)11-12-17-13-18(14-22)24-21(7,8)23-17/h11-12,15-19H,13H2,1-10H3/b12-11+/t16-,17-,18?,19-/m1/s1. The number of nitriles is 1. The lowest BCUT2D eigenvalue weighted by Gasteiger charge is -2.42. The molecule has 1 saturated heterocycles. The van der Waals surface area contributed by atoms with E-state index in [1.807, 2.05) is 13.8 Å². The molecule has 0 bridgehead atoms. The van der Waals surface area contributed by atoms with Crippen LogP contribution in [0.4, 0.5) is 0 Å². The molecule has 0 aromatic carbocycles. The molecule has 4 nitrogen and oxygen atoms in total. The minimum Gasteiger partial charge on any atom is -0.413 e. The SMILES string of the molecule is CC(C)[C@@H](O[Si](C)(C)C(C)(C)C)[C@H](C)/C=C/[C@@H]1CC(C#N)OC(C)(C)O1. The number of rotatable bonds is 6. The van der Waals surface area contributed by atoms with Crippen molar-refractivity contribution in [3.8, 4) is 6.07 Å². The fourth-order valence-corrected chi connectivity index (χ4v) is 4.54. The van der Waals surface area contributed by atoms with Crippen LogP contribution in [0.1, 0.15) is 61.8 Å². The monoisotopic (exact) mass is 381 g/mol. The quantitative estimate of drug-likeness (QED) is 0.440. The molecule has 5 heteroatoms. The minimum atomic E-state index is -1.83. The second-order valence-corrected chi connectivity index (χ2v) is 14.6. The van der Waals surface area contributed by atoms with E-state index in [1.165, 1.54) is 0 Å². The summed E-state index contributed by atoms with van der Waals surface area (Å²) in [4.78, 5) is 0. The van der Waals surface area contributed by atoms with Crippen molar-refractivity contribution in [1.82, 2.24) is 0 Å². The van der Waals surface area contributed by atoms with Crippen molar-refractivity contribution in [2.75, 3.05) is 0 Å². The van der Waals surface area contributed by atoms with E-state index in [-0.39, 0.29) is 23.2 Å². The first-order valence-electron chi connectivity index (χ1n) is 9.80. The van der Waals surface area contributed by atoms with Crippen LogP contribution in [0.25, 0.3) is 0 Å². The van der Waals surface area contributed by atoms with Gasteiger partial charge in [0, 0.05) is 6.42 Å². The Hall–Kier alpha value is -0.673. The van der Waals surface area contributed by atoms with Crippen LogP contribution in [0, 0.1) is 23.2 Å². The Morgan fingerprint density at radius 1 is 1.19 bits per heavy atom. The topological polar surface area (TPSA) is 51.5 Å². The van der Waals surface area contributed by atoms with E-state index in [2.05, 4.69) is 72.9 Å². The van der Waals surface area contributed by atoms with E-state index in [9.17, 15) is 5.26 Å². The van der Waals surface area contributed by atoms with Gasteiger partial charge in [-0.1, -0.05) is 53.7 Å². The van der Waals surface area contributed by atoms with Gasteiger partial charge in [-0.25, -0.2) is 0 Å². The summed E-state index contributed by atoms with van der Waals surface area (Å²) in [6.45, 7) is 21.8. The Morgan fingerprint density at radius 3 is 2.23 bits per heavy atom. The van der Waals surface area contributed by atoms with Crippen molar-refractivity contribution in [2.45, 2.75) is 104 Å². The maximum absolute atomic E-state index is 9.21. The Balaban J connectivity index is 2.86. The molecular weight excluding hydrogens is 342 g/mol. The molecule has 1 fully saturated rings. The predicted molar refractivity (Wildman–Crippen MR) is 109 cm³/mol. The molecule has 0 N–H and O–H groups in total. The van der Waals surface area contributed by atoms with E-state index in [0.717, 1.165) is 0 Å². The molecule has 26 heavy (non-hydrogen) atoms. The molecule has 1 heterocycles. The first kappa shape index (κ1) is 23.4. The van der Waals surface area contributed by atoms with Gasteiger partial charge in [-0.15, -0.1) is 0 Å². The molecule has 0 aromatic rings. The van der Waals surface area contributed by atoms with Crippen molar-refractivity contribution in [1.29, 1.82) is 5.26 Å². The lowest BCUT2D eigenvalue weighted by atomic mass is 9.94. The van der Waals surface area contributed by atoms with Crippen molar-refractivity contribution in [3.63, 3.8) is 0 Å². The molecule has 0 radical (unpaired) electrons. The van der Waals surface area contributed by atoms with E-state index in [4.69, 9.17) is 13.9 Å². The van der Waals surface area contributed by atoms with Gasteiger partial charge in [0.15, 0.2) is 14.1 Å². The zero-order valence-corrected chi connectivity index (χ0v) is 19.4. The molecule has 1 unspecified atom stereocenters. The highest BCUT2D eigenvalue weighted by Gasteiger charge is 2.40. The summed E-state index contributed by atoms with van der Waals surface area (Å²) in [5, 5.41) is 9.41. The fraction of sp³-hybridized carbons (Fsp3) is 0.857. The lowest BCUT2D eigenvalue weighted by molar-refractivity contribution is -0.278. The van der Waals surface area contributed by atoms with Crippen molar-refractivity contribution >= 4 is 8.32 Å². The predicted octanol–water partition coefficient (Wildman–Crippen LogP) is 5.66. The van der Waals surface area contributed by atoms with Crippen LogP contribution in [0.5, 0.6) is 0 Å². The summed E-state index contributed by atoms with van der Waals surface area (Å²) < 4.78 is 18.3. The fourth-order valence-electron chi connectivity index (χ4n) is 3.02. The van der Waals surface area contributed by atoms with E-state index in [0.29, 0.717) is 12.3 Å². The van der Waals surface area contributed by atoms with Gasteiger partial charge in [0.05, 0.1) is 18.3 Å². The highest BCUT2D eigenvalue weighted by Crippen LogP contribution is 2.39. The molecule has 1 rings (SSSR count). The zero-order chi connectivity index (χ0) is 20.3. The third-order valence-corrected chi connectivity index (χ3v) is 9.97. The van der Waals surface area contributed by atoms with Gasteiger partial charge in [-0.3, -0.25) is 0 Å². The van der Waals surface area contributed by atoms with Gasteiger partial charge in [0.1, 0.15) is 6.10 Å². The minimum absolute atomic E-state index is 0.105. The van der Waals surface area contributed by atoms with Gasteiger partial charge >= 0.3 is 0 Å². The summed E-state index contributed by atoms with van der Waals surface area (Å²) in [5.74, 6) is -0.0201. The van der Waals surface area contributed by atoms with E-state index >= 15 is 0 Å². The van der Waals surface area contributed by atoms with Crippen molar-refractivity contribution in [2.24, 2.45) is 11.8 Å². The maximum Gasteiger partial charge on any atom is 0.192 e. The average Bonchev–Trinajstić information content (AvgIpc) is 2.47. The highest BCUT2D eigenvalue weighted by molar-refractivity contribution is 6.74. The number of ether oxygens (including phenoxy) is 2. The second kappa shape index (κ2) is 8.56. The maximum atomic E-state index is 9.21. The zero-order valence-electron chi connectivity index (χ0n) is 18.4. The van der Waals surface area contributed by atoms with Crippen molar-refractivity contribution in [3.05, 3.63) is 12.2 Å². The third-order valence-electron chi connectivity index (χ3n) is 5.49. The smallest absolute Gasteiger partial charge is 0.192 e. The summed E-state index contributed by atoms with van der Waals surface area (Å²) in [6.07, 6.45) is 4.49. The van der Waals surface area contributed by atoms with Gasteiger partial charge in [0.25, 0.3) is 0 Å². The number of hydrogen-bond donors (Lipinski definition) is 0. The van der Waals surface area contributed by atoms with Gasteiger partial charge in [0.2, 0.25) is 0 Å². The molecule has 0 amide bonds. The van der Waals surface area contributed by atoms with Crippen LogP contribution < -0.4 is 0 Å². The normalized spacial score (nSPS) is 26.7. The molecule has 1 aliphatic rings. The van der Waals surface area contributed by atoms with Gasteiger partial charge < -0.3 is 13.9 Å². The van der Waals surface area contributed by atoms with Crippen LogP contribution in [0.3, 0.4) is 0 Å². The van der Waals surface area contributed by atoms with E-state index in [1.54, 1.807) is 0 Å². The summed E-state index contributed by atoms with van der Waals surface area (Å²) >= 11 is 0. The third kappa shape index (κ3) is 6.49. The summed E-state index contributed by atoms with van der Waals surface area (Å²) in [7, 11) is -1.83. The molecule has 0 aliphatic carbocycles.